The number of nitrogens with one attached hydrogen (secondary N) is 1. The Bertz CT molecular complexity index is 990. The Hall–Kier alpha value is -2.98. The molecule has 0 fully saturated rings. The zero-order chi connectivity index (χ0) is 21.6. The number of halogens is 2. The fourth-order valence-electron chi connectivity index (χ4n) is 2.26. The normalized spacial score (nSPS) is 11.8. The summed E-state index contributed by atoms with van der Waals surface area (Å²) in [6.07, 6.45) is 2.71. The van der Waals surface area contributed by atoms with Gasteiger partial charge in [-0.2, -0.15) is 8.78 Å². The van der Waals surface area contributed by atoms with Crippen molar-refractivity contribution in [2.24, 2.45) is 0 Å². The van der Waals surface area contributed by atoms with Gasteiger partial charge in [-0.05, 0) is 48.0 Å². The Morgan fingerprint density at radius 3 is 2.31 bits per heavy atom. The monoisotopic (exact) mass is 426 g/mol. The number of carbonyl (C=O) groups excluding carboxylic acids is 1. The summed E-state index contributed by atoms with van der Waals surface area (Å²) < 4.78 is 59.2. The summed E-state index contributed by atoms with van der Waals surface area (Å²) >= 11 is 0. The van der Waals surface area contributed by atoms with Crippen molar-refractivity contribution in [3.05, 3.63) is 54.1 Å². The van der Waals surface area contributed by atoms with E-state index >= 15 is 0 Å². The molecule has 0 unspecified atom stereocenters. The number of carbonyl (C=O) groups is 1. The van der Waals surface area contributed by atoms with E-state index in [0.717, 1.165) is 4.31 Å². The molecule has 0 aliphatic rings. The predicted octanol–water partition coefficient (Wildman–Crippen LogP) is 3.20. The number of hydrogen-bond donors (Lipinski definition) is 1. The van der Waals surface area contributed by atoms with E-state index in [0.29, 0.717) is 11.3 Å². The van der Waals surface area contributed by atoms with Gasteiger partial charge in [0.1, 0.15) is 0 Å². The smallest absolute Gasteiger partial charge is 0.387 e. The molecule has 0 heterocycles. The molecule has 0 aromatic heterocycles. The largest absolute Gasteiger partial charge is 0.493 e. The van der Waals surface area contributed by atoms with Crippen LogP contribution in [-0.4, -0.2) is 46.4 Å². The quantitative estimate of drug-likeness (QED) is 0.656. The van der Waals surface area contributed by atoms with Crippen molar-refractivity contribution in [2.75, 3.05) is 26.5 Å². The van der Waals surface area contributed by atoms with E-state index in [9.17, 15) is 22.0 Å². The van der Waals surface area contributed by atoms with Crippen LogP contribution in [0.1, 0.15) is 5.56 Å². The van der Waals surface area contributed by atoms with Crippen LogP contribution in [0.25, 0.3) is 6.08 Å². The highest BCUT2D eigenvalue weighted by Gasteiger charge is 2.16. The van der Waals surface area contributed by atoms with Crippen LogP contribution >= 0.6 is 0 Å². The van der Waals surface area contributed by atoms with Crippen LogP contribution < -0.4 is 14.8 Å². The number of nitrogens with zero attached hydrogens (tertiary/aromatic N) is 1. The van der Waals surface area contributed by atoms with Crippen molar-refractivity contribution < 1.29 is 31.5 Å². The van der Waals surface area contributed by atoms with Crippen LogP contribution in [0.4, 0.5) is 14.5 Å². The number of benzene rings is 2. The lowest BCUT2D eigenvalue weighted by Crippen LogP contribution is -2.22. The van der Waals surface area contributed by atoms with Gasteiger partial charge in [0.25, 0.3) is 0 Å². The second-order valence-electron chi connectivity index (χ2n) is 5.92. The number of hydrogen-bond acceptors (Lipinski definition) is 5. The zero-order valence-corrected chi connectivity index (χ0v) is 16.7. The van der Waals surface area contributed by atoms with Crippen LogP contribution in [0.2, 0.25) is 0 Å². The van der Waals surface area contributed by atoms with Crippen LogP contribution in [-0.2, 0) is 14.8 Å². The molecule has 2 aromatic carbocycles. The van der Waals surface area contributed by atoms with Gasteiger partial charge < -0.3 is 14.8 Å². The van der Waals surface area contributed by atoms with Crippen LogP contribution in [0.3, 0.4) is 0 Å². The number of amides is 1. The molecule has 0 atom stereocenters. The van der Waals surface area contributed by atoms with Gasteiger partial charge in [-0.25, -0.2) is 12.7 Å². The molecule has 10 heteroatoms. The summed E-state index contributed by atoms with van der Waals surface area (Å²) in [6.45, 7) is -2.98. The molecule has 1 N–H and O–H groups in total. The summed E-state index contributed by atoms with van der Waals surface area (Å²) in [5.41, 5.74) is 0.946. The lowest BCUT2D eigenvalue weighted by atomic mass is 10.2. The molecule has 1 amide bonds. The van der Waals surface area contributed by atoms with E-state index in [1.807, 2.05) is 0 Å². The molecule has 29 heavy (non-hydrogen) atoms. The lowest BCUT2D eigenvalue weighted by Gasteiger charge is -2.11. The standard InChI is InChI=1S/C19H20F2N2O5S/c1-23(2)29(25,26)15-8-6-14(7-9-15)22-18(24)11-5-13-4-10-16(28-19(20)21)17(12-13)27-3/h4-12,19H,1-3H3,(H,22,24)/b11-5+. The number of methoxy groups -OCH3 is 1. The van der Waals surface area contributed by atoms with Gasteiger partial charge in [0.2, 0.25) is 15.9 Å². The second-order valence-corrected chi connectivity index (χ2v) is 8.08. The Labute approximate surface area is 167 Å². The summed E-state index contributed by atoms with van der Waals surface area (Å²) in [5.74, 6) is -0.470. The predicted molar refractivity (Wildman–Crippen MR) is 105 cm³/mol. The molecular weight excluding hydrogens is 406 g/mol. The van der Waals surface area contributed by atoms with Crippen molar-refractivity contribution in [3.8, 4) is 11.5 Å². The molecule has 0 bridgehead atoms. The third kappa shape index (κ3) is 6.00. The molecule has 0 radical (unpaired) electrons. The molecule has 0 aliphatic heterocycles. The third-order valence-electron chi connectivity index (χ3n) is 3.73. The Morgan fingerprint density at radius 2 is 1.76 bits per heavy atom. The highest BCUT2D eigenvalue weighted by molar-refractivity contribution is 7.89. The van der Waals surface area contributed by atoms with E-state index in [-0.39, 0.29) is 16.4 Å². The summed E-state index contributed by atoms with van der Waals surface area (Å²) in [6, 6.07) is 9.98. The first-order chi connectivity index (χ1) is 13.6. The number of ether oxygens (including phenoxy) is 2. The van der Waals surface area contributed by atoms with Gasteiger partial charge in [-0.1, -0.05) is 6.07 Å². The van der Waals surface area contributed by atoms with Gasteiger partial charge in [-0.15, -0.1) is 0 Å². The lowest BCUT2D eigenvalue weighted by molar-refractivity contribution is -0.111. The molecule has 0 saturated carbocycles. The first-order valence-electron chi connectivity index (χ1n) is 8.28. The minimum Gasteiger partial charge on any atom is -0.493 e. The van der Waals surface area contributed by atoms with E-state index in [4.69, 9.17) is 4.74 Å². The average molecular weight is 426 g/mol. The molecule has 2 rings (SSSR count). The molecule has 0 saturated heterocycles. The maximum atomic E-state index is 12.3. The van der Waals surface area contributed by atoms with Crippen LogP contribution in [0, 0.1) is 0 Å². The van der Waals surface area contributed by atoms with Gasteiger partial charge in [0, 0.05) is 25.9 Å². The Kier molecular flexibility index (Phi) is 7.29. The fourth-order valence-corrected chi connectivity index (χ4v) is 3.16. The average Bonchev–Trinajstić information content (AvgIpc) is 2.67. The van der Waals surface area contributed by atoms with E-state index in [2.05, 4.69) is 10.1 Å². The zero-order valence-electron chi connectivity index (χ0n) is 15.9. The highest BCUT2D eigenvalue weighted by atomic mass is 32.2. The minimum atomic E-state index is -3.55. The molecular formula is C19H20F2N2O5S. The molecule has 0 spiro atoms. The first-order valence-corrected chi connectivity index (χ1v) is 9.72. The summed E-state index contributed by atoms with van der Waals surface area (Å²) in [5, 5.41) is 2.60. The highest BCUT2D eigenvalue weighted by Crippen LogP contribution is 2.29. The van der Waals surface area contributed by atoms with Crippen molar-refractivity contribution in [2.45, 2.75) is 11.5 Å². The van der Waals surface area contributed by atoms with E-state index < -0.39 is 22.5 Å². The van der Waals surface area contributed by atoms with Gasteiger partial charge >= 0.3 is 6.61 Å². The molecule has 0 aliphatic carbocycles. The van der Waals surface area contributed by atoms with Crippen LogP contribution in [0.5, 0.6) is 11.5 Å². The maximum Gasteiger partial charge on any atom is 0.387 e. The van der Waals surface area contributed by atoms with E-state index in [1.165, 1.54) is 75.8 Å². The molecule has 156 valence electrons. The Morgan fingerprint density at radius 1 is 1.10 bits per heavy atom. The van der Waals surface area contributed by atoms with Gasteiger partial charge in [0.15, 0.2) is 11.5 Å². The SMILES string of the molecule is COc1cc(/C=C/C(=O)Nc2ccc(S(=O)(=O)N(C)C)cc2)ccc1OC(F)F. The maximum absolute atomic E-state index is 12.3. The van der Waals surface area contributed by atoms with Crippen molar-refractivity contribution in [1.29, 1.82) is 0 Å². The minimum absolute atomic E-state index is 0.102. The Balaban J connectivity index is 2.06. The number of alkyl halides is 2. The molecule has 7 nitrogen and oxygen atoms in total. The van der Waals surface area contributed by atoms with Gasteiger partial charge in [0.05, 0.1) is 12.0 Å². The number of rotatable bonds is 8. The summed E-state index contributed by atoms with van der Waals surface area (Å²) in [4.78, 5) is 12.2. The topological polar surface area (TPSA) is 84.9 Å². The van der Waals surface area contributed by atoms with Gasteiger partial charge in [-0.3, -0.25) is 4.79 Å². The fraction of sp³-hybridized carbons (Fsp3) is 0.211. The second kappa shape index (κ2) is 9.48. The van der Waals surface area contributed by atoms with Crippen LogP contribution in [0.15, 0.2) is 53.4 Å². The molecule has 2 aromatic rings. The van der Waals surface area contributed by atoms with Crippen molar-refractivity contribution >= 4 is 27.7 Å². The number of anilines is 1. The first kappa shape index (κ1) is 22.3. The van der Waals surface area contributed by atoms with Crippen molar-refractivity contribution in [1.82, 2.24) is 4.31 Å². The van der Waals surface area contributed by atoms with Crippen molar-refractivity contribution in [3.63, 3.8) is 0 Å². The summed E-state index contributed by atoms with van der Waals surface area (Å²) in [7, 11) is 0.620. The number of sulfonamides is 1. The third-order valence-corrected chi connectivity index (χ3v) is 5.56. The van der Waals surface area contributed by atoms with E-state index in [1.54, 1.807) is 0 Å².